The molecular formula is C15H25BrN2O. The monoisotopic (exact) mass is 328 g/mol. The van der Waals surface area contributed by atoms with Crippen LogP contribution < -0.4 is 5.73 Å². The number of halogens is 1. The first-order chi connectivity index (χ1) is 9.13. The number of nitrogens with zero attached hydrogens (tertiary/aromatic N) is 1. The van der Waals surface area contributed by atoms with Gasteiger partial charge in [-0.25, -0.2) is 0 Å². The van der Waals surface area contributed by atoms with Crippen LogP contribution >= 0.6 is 15.9 Å². The molecule has 0 aliphatic carbocycles. The van der Waals surface area contributed by atoms with E-state index in [0.717, 1.165) is 30.8 Å². The summed E-state index contributed by atoms with van der Waals surface area (Å²) in [6, 6.07) is 6.73. The minimum Gasteiger partial charge on any atom is -0.380 e. The van der Waals surface area contributed by atoms with Crippen LogP contribution in [0.1, 0.15) is 31.0 Å². The molecule has 0 bridgehead atoms. The highest BCUT2D eigenvalue weighted by atomic mass is 79.9. The number of ether oxygens (including phenoxy) is 1. The quantitative estimate of drug-likeness (QED) is 0.745. The summed E-state index contributed by atoms with van der Waals surface area (Å²) in [4.78, 5) is 2.37. The summed E-state index contributed by atoms with van der Waals surface area (Å²) in [5.41, 5.74) is 8.51. The molecule has 3 nitrogen and oxygen atoms in total. The minimum atomic E-state index is 0.261. The molecule has 0 fully saturated rings. The summed E-state index contributed by atoms with van der Waals surface area (Å²) in [5.74, 6) is 0. The van der Waals surface area contributed by atoms with E-state index in [1.807, 2.05) is 6.92 Å². The highest BCUT2D eigenvalue weighted by Crippen LogP contribution is 2.24. The zero-order valence-electron chi connectivity index (χ0n) is 12.2. The molecule has 0 amide bonds. The zero-order chi connectivity index (χ0) is 14.3. The van der Waals surface area contributed by atoms with Gasteiger partial charge in [0.15, 0.2) is 0 Å². The lowest BCUT2D eigenvalue weighted by Crippen LogP contribution is -2.36. The van der Waals surface area contributed by atoms with Gasteiger partial charge in [0, 0.05) is 30.2 Å². The van der Waals surface area contributed by atoms with E-state index >= 15 is 0 Å². The maximum absolute atomic E-state index is 5.98. The Balaban J connectivity index is 2.80. The second-order valence-electron chi connectivity index (χ2n) is 4.59. The van der Waals surface area contributed by atoms with E-state index in [0.29, 0.717) is 6.54 Å². The minimum absolute atomic E-state index is 0.261. The number of benzene rings is 1. The van der Waals surface area contributed by atoms with E-state index in [2.05, 4.69) is 52.9 Å². The van der Waals surface area contributed by atoms with Gasteiger partial charge in [0.05, 0.1) is 6.61 Å². The third kappa shape index (κ3) is 4.88. The van der Waals surface area contributed by atoms with Crippen LogP contribution in [0.3, 0.4) is 0 Å². The van der Waals surface area contributed by atoms with Gasteiger partial charge < -0.3 is 10.5 Å². The van der Waals surface area contributed by atoms with Crippen LogP contribution in [0.2, 0.25) is 0 Å². The summed E-state index contributed by atoms with van der Waals surface area (Å²) >= 11 is 3.54. The van der Waals surface area contributed by atoms with E-state index in [9.17, 15) is 0 Å². The first-order valence-corrected chi connectivity index (χ1v) is 7.71. The Morgan fingerprint density at radius 2 is 2.11 bits per heavy atom. The molecule has 0 heterocycles. The van der Waals surface area contributed by atoms with Crippen molar-refractivity contribution < 1.29 is 4.74 Å². The molecule has 2 N–H and O–H groups in total. The van der Waals surface area contributed by atoms with Crippen molar-refractivity contribution in [1.82, 2.24) is 4.90 Å². The third-order valence-corrected chi connectivity index (χ3v) is 4.25. The first kappa shape index (κ1) is 16.6. The van der Waals surface area contributed by atoms with Crippen molar-refractivity contribution >= 4 is 15.9 Å². The maximum Gasteiger partial charge on any atom is 0.0593 e. The molecule has 0 saturated carbocycles. The lowest BCUT2D eigenvalue weighted by Gasteiger charge is -2.30. The lowest BCUT2D eigenvalue weighted by atomic mass is 10.0. The van der Waals surface area contributed by atoms with Crippen LogP contribution in [0.15, 0.2) is 22.7 Å². The highest BCUT2D eigenvalue weighted by Gasteiger charge is 2.17. The smallest absolute Gasteiger partial charge is 0.0593 e. The molecule has 108 valence electrons. The van der Waals surface area contributed by atoms with Gasteiger partial charge in [-0.15, -0.1) is 0 Å². The fraction of sp³-hybridized carbons (Fsp3) is 0.600. The Labute approximate surface area is 125 Å². The Morgan fingerprint density at radius 1 is 1.37 bits per heavy atom. The van der Waals surface area contributed by atoms with Gasteiger partial charge in [-0.3, -0.25) is 4.90 Å². The van der Waals surface area contributed by atoms with Gasteiger partial charge in [0.25, 0.3) is 0 Å². The summed E-state index contributed by atoms with van der Waals surface area (Å²) < 4.78 is 6.59. The molecule has 1 rings (SSSR count). The molecule has 0 radical (unpaired) electrons. The van der Waals surface area contributed by atoms with Crippen molar-refractivity contribution in [3.05, 3.63) is 33.8 Å². The Morgan fingerprint density at radius 3 is 2.63 bits per heavy atom. The van der Waals surface area contributed by atoms with E-state index in [1.54, 1.807) is 0 Å². The van der Waals surface area contributed by atoms with Gasteiger partial charge in [-0.05, 0) is 37.6 Å². The number of rotatable bonds is 8. The predicted molar refractivity (Wildman–Crippen MR) is 84.4 cm³/mol. The standard InChI is InChI=1S/C15H25BrN2O/c1-4-18(8-9-19-5-2)15(11-17)13-6-7-14(16)12(3)10-13/h6-7,10,15H,4-5,8-9,11,17H2,1-3H3. The normalized spacial score (nSPS) is 12.9. The molecule has 0 saturated heterocycles. The van der Waals surface area contributed by atoms with Gasteiger partial charge in [0.1, 0.15) is 0 Å². The van der Waals surface area contributed by atoms with Crippen LogP contribution in [-0.4, -0.2) is 37.7 Å². The van der Waals surface area contributed by atoms with E-state index in [4.69, 9.17) is 10.5 Å². The Bertz CT molecular complexity index is 384. The van der Waals surface area contributed by atoms with E-state index in [1.165, 1.54) is 11.1 Å². The molecule has 0 aliphatic heterocycles. The predicted octanol–water partition coefficient (Wildman–Crippen LogP) is 3.12. The zero-order valence-corrected chi connectivity index (χ0v) is 13.7. The summed E-state index contributed by atoms with van der Waals surface area (Å²) in [6.07, 6.45) is 0. The van der Waals surface area contributed by atoms with Gasteiger partial charge in [-0.2, -0.15) is 0 Å². The first-order valence-electron chi connectivity index (χ1n) is 6.91. The van der Waals surface area contributed by atoms with Gasteiger partial charge >= 0.3 is 0 Å². The molecule has 0 aliphatic rings. The van der Waals surface area contributed by atoms with Crippen molar-refractivity contribution in [3.63, 3.8) is 0 Å². The van der Waals surface area contributed by atoms with Crippen molar-refractivity contribution in [2.45, 2.75) is 26.8 Å². The fourth-order valence-corrected chi connectivity index (χ4v) is 2.48. The number of hydrogen-bond acceptors (Lipinski definition) is 3. The second kappa shape index (κ2) is 8.69. The average molecular weight is 329 g/mol. The van der Waals surface area contributed by atoms with Crippen molar-refractivity contribution in [3.8, 4) is 0 Å². The molecule has 0 spiro atoms. The molecule has 0 aromatic heterocycles. The van der Waals surface area contributed by atoms with Crippen LogP contribution in [0, 0.1) is 6.92 Å². The summed E-state index contributed by atoms with van der Waals surface area (Å²) in [7, 11) is 0. The second-order valence-corrected chi connectivity index (χ2v) is 5.44. The molecule has 1 aromatic rings. The van der Waals surface area contributed by atoms with Gasteiger partial charge in [0.2, 0.25) is 0 Å². The van der Waals surface area contributed by atoms with Crippen molar-refractivity contribution in [2.75, 3.05) is 32.8 Å². The van der Waals surface area contributed by atoms with E-state index < -0.39 is 0 Å². The van der Waals surface area contributed by atoms with Crippen LogP contribution in [0.5, 0.6) is 0 Å². The van der Waals surface area contributed by atoms with Crippen LogP contribution in [-0.2, 0) is 4.74 Å². The number of likely N-dealkylation sites (N-methyl/N-ethyl adjacent to an activating group) is 1. The van der Waals surface area contributed by atoms with Crippen LogP contribution in [0.4, 0.5) is 0 Å². The van der Waals surface area contributed by atoms with E-state index in [-0.39, 0.29) is 6.04 Å². The summed E-state index contributed by atoms with van der Waals surface area (Å²) in [6.45, 7) is 10.3. The fourth-order valence-electron chi connectivity index (χ4n) is 2.23. The molecular weight excluding hydrogens is 304 g/mol. The number of nitrogens with two attached hydrogens (primary N) is 1. The SMILES string of the molecule is CCOCCN(CC)C(CN)c1ccc(Br)c(C)c1. The van der Waals surface area contributed by atoms with Gasteiger partial charge in [-0.1, -0.05) is 35.0 Å². The van der Waals surface area contributed by atoms with Crippen molar-refractivity contribution in [2.24, 2.45) is 5.73 Å². The Hall–Kier alpha value is -0.420. The Kier molecular flexibility index (Phi) is 7.61. The lowest BCUT2D eigenvalue weighted by molar-refractivity contribution is 0.0980. The average Bonchev–Trinajstić information content (AvgIpc) is 2.41. The maximum atomic E-state index is 5.98. The molecule has 4 heteroatoms. The largest absolute Gasteiger partial charge is 0.380 e. The number of hydrogen-bond donors (Lipinski definition) is 1. The highest BCUT2D eigenvalue weighted by molar-refractivity contribution is 9.10. The third-order valence-electron chi connectivity index (χ3n) is 3.36. The number of aryl methyl sites for hydroxylation is 1. The molecule has 1 unspecified atom stereocenters. The van der Waals surface area contributed by atoms with Crippen LogP contribution in [0.25, 0.3) is 0 Å². The molecule has 1 aromatic carbocycles. The molecule has 19 heavy (non-hydrogen) atoms. The summed E-state index contributed by atoms with van der Waals surface area (Å²) in [5, 5.41) is 0. The topological polar surface area (TPSA) is 38.5 Å². The van der Waals surface area contributed by atoms with Crippen molar-refractivity contribution in [1.29, 1.82) is 0 Å². The molecule has 1 atom stereocenters.